The number of nitrogens with zero attached hydrogens (tertiary/aromatic N) is 3. The van der Waals surface area contributed by atoms with E-state index < -0.39 is 0 Å². The molecular weight excluding hydrogens is 387 g/mol. The van der Waals surface area contributed by atoms with Gasteiger partial charge in [-0.2, -0.15) is 0 Å². The van der Waals surface area contributed by atoms with E-state index in [9.17, 15) is 4.79 Å². The van der Waals surface area contributed by atoms with Crippen LogP contribution in [-0.2, 0) is 20.8 Å². The summed E-state index contributed by atoms with van der Waals surface area (Å²) in [5, 5.41) is 14.2. The predicted molar refractivity (Wildman–Crippen MR) is 101 cm³/mol. The third kappa shape index (κ3) is 5.48. The first kappa shape index (κ1) is 22.5. The topological polar surface area (TPSA) is 76.6 Å². The first-order valence-corrected chi connectivity index (χ1v) is 8.90. The van der Waals surface area contributed by atoms with Crippen molar-refractivity contribution < 1.29 is 14.3 Å². The predicted octanol–water partition coefficient (Wildman–Crippen LogP) is 1.61. The van der Waals surface area contributed by atoms with Crippen molar-refractivity contribution in [2.24, 2.45) is 0 Å². The van der Waals surface area contributed by atoms with Crippen LogP contribution < -0.4 is 5.32 Å². The van der Waals surface area contributed by atoms with Crippen LogP contribution in [0.5, 0.6) is 0 Å². The highest BCUT2D eigenvalue weighted by Crippen LogP contribution is 2.29. The molecule has 7 nitrogen and oxygen atoms in total. The van der Waals surface area contributed by atoms with Gasteiger partial charge in [0.05, 0.1) is 19.8 Å². The van der Waals surface area contributed by atoms with Crippen molar-refractivity contribution in [2.45, 2.75) is 43.9 Å². The van der Waals surface area contributed by atoms with E-state index in [4.69, 9.17) is 9.47 Å². The summed E-state index contributed by atoms with van der Waals surface area (Å²) in [5.41, 5.74) is 0. The Kier molecular flexibility index (Phi) is 9.55. The normalized spacial score (nSPS) is 24.4. The van der Waals surface area contributed by atoms with E-state index in [1.54, 1.807) is 18.4 Å². The van der Waals surface area contributed by atoms with E-state index in [0.717, 1.165) is 42.5 Å². The Morgan fingerprint density at radius 2 is 2.00 bits per heavy atom. The number of halogens is 2. The van der Waals surface area contributed by atoms with Crippen LogP contribution in [0.2, 0.25) is 0 Å². The number of hydrogen-bond acceptors (Lipinski definition) is 8. The molecule has 0 radical (unpaired) electrons. The second-order valence-electron chi connectivity index (χ2n) is 6.12. The fourth-order valence-corrected chi connectivity index (χ4v) is 4.36. The largest absolute Gasteiger partial charge is 0.468 e. The van der Waals surface area contributed by atoms with Crippen molar-refractivity contribution >= 4 is 42.1 Å². The van der Waals surface area contributed by atoms with Gasteiger partial charge in [0.1, 0.15) is 16.1 Å². The van der Waals surface area contributed by atoms with Crippen LogP contribution >= 0.6 is 36.2 Å². The van der Waals surface area contributed by atoms with Crippen molar-refractivity contribution in [3.05, 3.63) is 10.0 Å². The van der Waals surface area contributed by atoms with Gasteiger partial charge in [-0.15, -0.1) is 35.0 Å². The Hall–Kier alpha value is -0.510. The van der Waals surface area contributed by atoms with E-state index >= 15 is 0 Å². The first-order chi connectivity index (χ1) is 11.2. The fourth-order valence-electron chi connectivity index (χ4n) is 3.33. The minimum atomic E-state index is -0.254. The number of carbonyl (C=O) groups excluding carboxylic acids is 1. The van der Waals surface area contributed by atoms with Gasteiger partial charge in [0.2, 0.25) is 0 Å². The highest BCUT2D eigenvalue weighted by Gasteiger charge is 2.38. The molecule has 1 aromatic rings. The lowest BCUT2D eigenvalue weighted by molar-refractivity contribution is -0.146. The summed E-state index contributed by atoms with van der Waals surface area (Å²) in [4.78, 5) is 14.1. The highest BCUT2D eigenvalue weighted by atomic mass is 35.5. The molecule has 2 aliphatic heterocycles. The third-order valence-corrected chi connectivity index (χ3v) is 5.75. The molecule has 3 heterocycles. The van der Waals surface area contributed by atoms with Gasteiger partial charge < -0.3 is 14.8 Å². The molecule has 2 atom stereocenters. The van der Waals surface area contributed by atoms with Crippen molar-refractivity contribution in [3.8, 4) is 0 Å². The molecule has 0 unspecified atom stereocenters. The molecule has 0 amide bonds. The summed E-state index contributed by atoms with van der Waals surface area (Å²) in [6.07, 6.45) is 2.98. The number of aromatic nitrogens is 2. The summed E-state index contributed by atoms with van der Waals surface area (Å²) in [6.45, 7) is 3.44. The third-order valence-electron chi connectivity index (χ3n) is 4.68. The maximum atomic E-state index is 12.0. The minimum absolute atomic E-state index is 0. The monoisotopic (exact) mass is 412 g/mol. The minimum Gasteiger partial charge on any atom is -0.468 e. The Bertz CT molecular complexity index is 543. The number of ether oxygens (including phenoxy) is 2. The Morgan fingerprint density at radius 3 is 2.64 bits per heavy atom. The second-order valence-corrected chi connectivity index (χ2v) is 7.21. The van der Waals surface area contributed by atoms with Crippen LogP contribution in [0.25, 0.3) is 0 Å². The summed E-state index contributed by atoms with van der Waals surface area (Å²) in [5.74, 6) is 0.317. The van der Waals surface area contributed by atoms with Crippen molar-refractivity contribution in [3.63, 3.8) is 0 Å². The smallest absolute Gasteiger partial charge is 0.323 e. The van der Waals surface area contributed by atoms with Crippen molar-refractivity contribution in [1.82, 2.24) is 20.4 Å². The van der Waals surface area contributed by atoms with Gasteiger partial charge in [-0.1, -0.05) is 11.3 Å². The molecule has 1 aromatic heterocycles. The van der Waals surface area contributed by atoms with Crippen LogP contribution in [-0.4, -0.2) is 67.1 Å². The number of rotatable bonds is 5. The maximum Gasteiger partial charge on any atom is 0.323 e. The molecule has 0 bridgehead atoms. The van der Waals surface area contributed by atoms with E-state index in [2.05, 4.69) is 20.4 Å². The number of carbonyl (C=O) groups is 1. The Morgan fingerprint density at radius 1 is 1.28 bits per heavy atom. The van der Waals surface area contributed by atoms with Crippen LogP contribution in [0.15, 0.2) is 0 Å². The lowest BCUT2D eigenvalue weighted by Crippen LogP contribution is -2.36. The van der Waals surface area contributed by atoms with E-state index in [0.29, 0.717) is 18.9 Å². The molecule has 0 saturated carbocycles. The summed E-state index contributed by atoms with van der Waals surface area (Å²) >= 11 is 1.67. The fraction of sp³-hybridized carbons (Fsp3) is 0.800. The van der Waals surface area contributed by atoms with E-state index in [1.165, 1.54) is 7.11 Å². The number of nitrogens with one attached hydrogen (secondary N) is 1. The number of esters is 1. The van der Waals surface area contributed by atoms with E-state index in [1.807, 2.05) is 0 Å². The van der Waals surface area contributed by atoms with Gasteiger partial charge in [-0.05, 0) is 25.9 Å². The highest BCUT2D eigenvalue weighted by molar-refractivity contribution is 7.11. The zero-order valence-electron chi connectivity index (χ0n) is 14.5. The maximum absolute atomic E-state index is 12.0. The van der Waals surface area contributed by atoms with E-state index in [-0.39, 0.29) is 42.9 Å². The van der Waals surface area contributed by atoms with Crippen LogP contribution in [0.1, 0.15) is 35.2 Å². The van der Waals surface area contributed by atoms with Crippen LogP contribution in [0, 0.1) is 0 Å². The van der Waals surface area contributed by atoms with Gasteiger partial charge in [-0.25, -0.2) is 0 Å². The Labute approximate surface area is 164 Å². The van der Waals surface area contributed by atoms with Crippen molar-refractivity contribution in [1.29, 1.82) is 0 Å². The lowest BCUT2D eigenvalue weighted by atomic mass is 9.99. The quantitative estimate of drug-likeness (QED) is 0.735. The molecule has 0 spiro atoms. The summed E-state index contributed by atoms with van der Waals surface area (Å²) in [6, 6.07) is -0.254. The molecule has 25 heavy (non-hydrogen) atoms. The summed E-state index contributed by atoms with van der Waals surface area (Å²) in [7, 11) is 3.11. The zero-order chi connectivity index (χ0) is 16.2. The number of methoxy groups -OCH3 is 2. The molecule has 2 saturated heterocycles. The van der Waals surface area contributed by atoms with Crippen molar-refractivity contribution in [2.75, 3.05) is 33.9 Å². The van der Waals surface area contributed by atoms with Gasteiger partial charge in [0.25, 0.3) is 0 Å². The van der Waals surface area contributed by atoms with Crippen LogP contribution in [0.4, 0.5) is 0 Å². The number of piperidine rings is 1. The van der Waals surface area contributed by atoms with Gasteiger partial charge in [0, 0.05) is 26.0 Å². The van der Waals surface area contributed by atoms with Gasteiger partial charge in [-0.3, -0.25) is 9.69 Å². The molecule has 3 rings (SSSR count). The molecule has 2 fully saturated rings. The van der Waals surface area contributed by atoms with Gasteiger partial charge >= 0.3 is 5.97 Å². The van der Waals surface area contributed by atoms with Crippen LogP contribution in [0.3, 0.4) is 0 Å². The molecule has 10 heteroatoms. The number of likely N-dealkylation sites (tertiary alicyclic amines) is 1. The SMILES string of the molecule is COC(=O)[C@H]1C[C@H](OC)CN1Cc1nnc(C2CCNCC2)s1.Cl.Cl. The molecule has 1 N–H and O–H groups in total. The number of hydrogen-bond donors (Lipinski definition) is 1. The molecule has 0 aliphatic carbocycles. The molecular formula is C15H26Cl2N4O3S. The lowest BCUT2D eigenvalue weighted by Gasteiger charge is -2.20. The zero-order valence-corrected chi connectivity index (χ0v) is 16.9. The molecule has 144 valence electrons. The molecule has 2 aliphatic rings. The standard InChI is InChI=1S/C15H24N4O3S.2ClH/c1-21-11-7-12(15(20)22-2)19(8-11)9-13-17-18-14(23-13)10-3-5-16-6-4-10;;/h10-12,16H,3-9H2,1-2H3;2*1H/t11-,12+;;/m0../s1. The Balaban J connectivity index is 0.00000156. The average Bonchev–Trinajstić information content (AvgIpc) is 3.22. The average molecular weight is 413 g/mol. The first-order valence-electron chi connectivity index (χ1n) is 8.09. The second kappa shape index (κ2) is 10.6. The molecule has 0 aromatic carbocycles. The summed E-state index contributed by atoms with van der Waals surface area (Å²) < 4.78 is 10.3. The van der Waals surface area contributed by atoms with Gasteiger partial charge in [0.15, 0.2) is 0 Å².